The molecule has 108 valence electrons. The van der Waals surface area contributed by atoms with E-state index in [0.717, 1.165) is 5.75 Å². The molecule has 0 heterocycles. The van der Waals surface area contributed by atoms with E-state index in [1.807, 2.05) is 30.3 Å². The zero-order valence-corrected chi connectivity index (χ0v) is 11.5. The number of carboxylic acids is 1. The quantitative estimate of drug-likeness (QED) is 0.783. The summed E-state index contributed by atoms with van der Waals surface area (Å²) in [6.45, 7) is 0. The number of ketones is 1. The maximum atomic E-state index is 11.9. The predicted octanol–water partition coefficient (Wildman–Crippen LogP) is 3.92. The summed E-state index contributed by atoms with van der Waals surface area (Å²) in [4.78, 5) is 22.3. The number of carbonyl (C=O) groups excluding carboxylic acids is 1. The summed E-state index contributed by atoms with van der Waals surface area (Å²) < 4.78 is 5.64. The van der Waals surface area contributed by atoms with Crippen molar-refractivity contribution in [2.45, 2.75) is 19.3 Å². The summed E-state index contributed by atoms with van der Waals surface area (Å²) in [6, 6.07) is 16.2. The van der Waals surface area contributed by atoms with Gasteiger partial charge in [0.15, 0.2) is 5.78 Å². The smallest absolute Gasteiger partial charge is 0.303 e. The number of aliphatic carboxylic acids is 1. The second-order valence-corrected chi connectivity index (χ2v) is 4.61. The standard InChI is InChI=1S/C17H16O4/c18-16(7-4-8-17(19)20)13-9-11-15(12-10-13)21-14-5-2-1-3-6-14/h1-3,5-6,9-12H,4,7-8H2,(H,19,20). The molecular formula is C17H16O4. The number of benzene rings is 2. The molecule has 21 heavy (non-hydrogen) atoms. The zero-order valence-electron chi connectivity index (χ0n) is 11.5. The molecule has 0 aromatic heterocycles. The lowest BCUT2D eigenvalue weighted by Crippen LogP contribution is -2.01. The van der Waals surface area contributed by atoms with E-state index >= 15 is 0 Å². The van der Waals surface area contributed by atoms with E-state index in [9.17, 15) is 9.59 Å². The van der Waals surface area contributed by atoms with Crippen molar-refractivity contribution in [3.05, 3.63) is 60.2 Å². The van der Waals surface area contributed by atoms with Gasteiger partial charge in [0.2, 0.25) is 0 Å². The Labute approximate surface area is 123 Å². The first-order valence-electron chi connectivity index (χ1n) is 6.73. The molecule has 0 aliphatic rings. The van der Waals surface area contributed by atoms with E-state index < -0.39 is 5.97 Å². The molecule has 4 heteroatoms. The van der Waals surface area contributed by atoms with E-state index in [2.05, 4.69) is 0 Å². The molecule has 0 aliphatic heterocycles. The fourth-order valence-corrected chi connectivity index (χ4v) is 1.88. The lowest BCUT2D eigenvalue weighted by Gasteiger charge is -2.06. The Morgan fingerprint density at radius 2 is 1.48 bits per heavy atom. The molecule has 4 nitrogen and oxygen atoms in total. The summed E-state index contributed by atoms with van der Waals surface area (Å²) in [5.74, 6) is 0.457. The molecule has 0 atom stereocenters. The van der Waals surface area contributed by atoms with E-state index in [1.165, 1.54) is 0 Å². The summed E-state index contributed by atoms with van der Waals surface area (Å²) in [5.41, 5.74) is 0.570. The van der Waals surface area contributed by atoms with Crippen LogP contribution in [0.25, 0.3) is 0 Å². The first-order chi connectivity index (χ1) is 10.1. The van der Waals surface area contributed by atoms with E-state index in [0.29, 0.717) is 17.7 Å². The van der Waals surface area contributed by atoms with Gasteiger partial charge in [0.05, 0.1) is 0 Å². The van der Waals surface area contributed by atoms with Crippen LogP contribution in [0, 0.1) is 0 Å². The third-order valence-electron chi connectivity index (χ3n) is 2.95. The van der Waals surface area contributed by atoms with Crippen molar-refractivity contribution in [2.75, 3.05) is 0 Å². The highest BCUT2D eigenvalue weighted by Gasteiger charge is 2.07. The van der Waals surface area contributed by atoms with Crippen molar-refractivity contribution >= 4 is 11.8 Å². The average Bonchev–Trinajstić information content (AvgIpc) is 2.48. The zero-order chi connectivity index (χ0) is 15.1. The SMILES string of the molecule is O=C(O)CCCC(=O)c1ccc(Oc2ccccc2)cc1. The highest BCUT2D eigenvalue weighted by molar-refractivity contribution is 5.96. The fraction of sp³-hybridized carbons (Fsp3) is 0.176. The molecule has 0 aliphatic carbocycles. The van der Waals surface area contributed by atoms with Crippen molar-refractivity contribution in [2.24, 2.45) is 0 Å². The van der Waals surface area contributed by atoms with Crippen LogP contribution < -0.4 is 4.74 Å². The van der Waals surface area contributed by atoms with Gasteiger partial charge in [-0.2, -0.15) is 0 Å². The first kappa shape index (κ1) is 14.8. The second kappa shape index (κ2) is 7.24. The predicted molar refractivity (Wildman–Crippen MR) is 78.8 cm³/mol. The largest absolute Gasteiger partial charge is 0.481 e. The number of carboxylic acid groups (broad SMARTS) is 1. The van der Waals surface area contributed by atoms with Crippen LogP contribution in [0.3, 0.4) is 0 Å². The number of Topliss-reactive ketones (excluding diaryl/α,β-unsaturated/α-hetero) is 1. The summed E-state index contributed by atoms with van der Waals surface area (Å²) in [6.07, 6.45) is 0.614. The van der Waals surface area contributed by atoms with Gasteiger partial charge in [0, 0.05) is 18.4 Å². The lowest BCUT2D eigenvalue weighted by molar-refractivity contribution is -0.137. The number of para-hydroxylation sites is 1. The van der Waals surface area contributed by atoms with Crippen molar-refractivity contribution in [1.29, 1.82) is 0 Å². The van der Waals surface area contributed by atoms with Crippen molar-refractivity contribution in [3.8, 4) is 11.5 Å². The molecule has 2 aromatic rings. The van der Waals surface area contributed by atoms with Gasteiger partial charge in [-0.15, -0.1) is 0 Å². The van der Waals surface area contributed by atoms with Crippen molar-refractivity contribution in [1.82, 2.24) is 0 Å². The van der Waals surface area contributed by atoms with Crippen molar-refractivity contribution < 1.29 is 19.4 Å². The Kier molecular flexibility index (Phi) is 5.10. The molecule has 0 spiro atoms. The Bertz CT molecular complexity index is 602. The van der Waals surface area contributed by atoms with Crippen LogP contribution in [0.5, 0.6) is 11.5 Å². The van der Waals surface area contributed by atoms with Crippen LogP contribution in [-0.2, 0) is 4.79 Å². The molecule has 0 saturated heterocycles. The van der Waals surface area contributed by atoms with Gasteiger partial charge >= 0.3 is 5.97 Å². The fourth-order valence-electron chi connectivity index (χ4n) is 1.88. The highest BCUT2D eigenvalue weighted by atomic mass is 16.5. The summed E-state index contributed by atoms with van der Waals surface area (Å²) in [7, 11) is 0. The monoisotopic (exact) mass is 284 g/mol. The minimum atomic E-state index is -0.880. The van der Waals surface area contributed by atoms with Gasteiger partial charge in [-0.25, -0.2) is 0 Å². The van der Waals surface area contributed by atoms with E-state index in [1.54, 1.807) is 24.3 Å². The third kappa shape index (κ3) is 4.76. The minimum absolute atomic E-state index is 0.0148. The van der Waals surface area contributed by atoms with Gasteiger partial charge < -0.3 is 9.84 Å². The molecule has 0 saturated carbocycles. The maximum absolute atomic E-state index is 11.9. The van der Waals surface area contributed by atoms with Crippen LogP contribution >= 0.6 is 0 Å². The molecule has 0 fully saturated rings. The Hall–Kier alpha value is -2.62. The number of rotatable bonds is 7. The van der Waals surface area contributed by atoms with Crippen LogP contribution in [-0.4, -0.2) is 16.9 Å². The van der Waals surface area contributed by atoms with Gasteiger partial charge in [-0.3, -0.25) is 9.59 Å². The van der Waals surface area contributed by atoms with Gasteiger partial charge in [-0.05, 0) is 42.8 Å². The average molecular weight is 284 g/mol. The maximum Gasteiger partial charge on any atom is 0.303 e. The molecule has 0 bridgehead atoms. The summed E-state index contributed by atoms with van der Waals surface area (Å²) in [5, 5.41) is 8.55. The number of ether oxygens (including phenoxy) is 1. The Balaban J connectivity index is 1.92. The van der Waals surface area contributed by atoms with Crippen LogP contribution in [0.4, 0.5) is 0 Å². The first-order valence-corrected chi connectivity index (χ1v) is 6.73. The van der Waals surface area contributed by atoms with E-state index in [-0.39, 0.29) is 18.6 Å². The molecule has 0 amide bonds. The third-order valence-corrected chi connectivity index (χ3v) is 2.95. The summed E-state index contributed by atoms with van der Waals surface area (Å²) >= 11 is 0. The molecule has 0 radical (unpaired) electrons. The Morgan fingerprint density at radius 3 is 2.10 bits per heavy atom. The van der Waals surface area contributed by atoms with Crippen molar-refractivity contribution in [3.63, 3.8) is 0 Å². The second-order valence-electron chi connectivity index (χ2n) is 4.61. The number of carbonyl (C=O) groups is 2. The Morgan fingerprint density at radius 1 is 0.857 bits per heavy atom. The number of hydrogen-bond donors (Lipinski definition) is 1. The van der Waals surface area contributed by atoms with Crippen LogP contribution in [0.1, 0.15) is 29.6 Å². The van der Waals surface area contributed by atoms with Gasteiger partial charge in [-0.1, -0.05) is 18.2 Å². The molecule has 2 aromatic carbocycles. The number of hydrogen-bond acceptors (Lipinski definition) is 3. The highest BCUT2D eigenvalue weighted by Crippen LogP contribution is 2.21. The molecule has 1 N–H and O–H groups in total. The van der Waals surface area contributed by atoms with Gasteiger partial charge in [0.25, 0.3) is 0 Å². The molecule has 0 unspecified atom stereocenters. The molecule has 2 rings (SSSR count). The van der Waals surface area contributed by atoms with Crippen LogP contribution in [0.15, 0.2) is 54.6 Å². The van der Waals surface area contributed by atoms with Crippen LogP contribution in [0.2, 0.25) is 0 Å². The lowest BCUT2D eigenvalue weighted by atomic mass is 10.1. The van der Waals surface area contributed by atoms with E-state index in [4.69, 9.17) is 9.84 Å². The minimum Gasteiger partial charge on any atom is -0.481 e. The molecular weight excluding hydrogens is 268 g/mol. The topological polar surface area (TPSA) is 63.6 Å². The van der Waals surface area contributed by atoms with Gasteiger partial charge in [0.1, 0.15) is 11.5 Å². The normalized spacial score (nSPS) is 10.1.